The predicted molar refractivity (Wildman–Crippen MR) is 96.1 cm³/mol. The predicted octanol–water partition coefficient (Wildman–Crippen LogP) is 3.68. The molecule has 4 nitrogen and oxygen atoms in total. The minimum Gasteiger partial charge on any atom is -0.496 e. The number of carbonyl (C=O) groups excluding carboxylic acids is 2. The third kappa shape index (κ3) is 2.54. The van der Waals surface area contributed by atoms with Crippen LogP contribution in [0.25, 0.3) is 5.57 Å². The first-order valence-corrected chi connectivity index (χ1v) is 8.46. The Morgan fingerprint density at radius 2 is 1.60 bits per heavy atom. The van der Waals surface area contributed by atoms with Gasteiger partial charge in [-0.1, -0.05) is 42.5 Å². The molecular formula is C21H19NO3. The molecule has 25 heavy (non-hydrogen) atoms. The number of hydrogen-bond donors (Lipinski definition) is 0. The highest BCUT2D eigenvalue weighted by Crippen LogP contribution is 2.43. The number of imide groups is 1. The molecule has 2 aromatic rings. The zero-order chi connectivity index (χ0) is 17.4. The molecule has 1 heterocycles. The minimum atomic E-state index is -0.294. The van der Waals surface area contributed by atoms with E-state index in [4.69, 9.17) is 4.74 Å². The molecule has 2 aromatic carbocycles. The molecule has 1 saturated heterocycles. The van der Waals surface area contributed by atoms with Crippen molar-refractivity contribution < 1.29 is 14.3 Å². The summed E-state index contributed by atoms with van der Waals surface area (Å²) >= 11 is 0. The molecule has 2 atom stereocenters. The van der Waals surface area contributed by atoms with Gasteiger partial charge in [0.2, 0.25) is 11.8 Å². The molecule has 0 N–H and O–H groups in total. The van der Waals surface area contributed by atoms with Crippen molar-refractivity contribution in [3.05, 3.63) is 66.2 Å². The van der Waals surface area contributed by atoms with Crippen LogP contribution in [-0.4, -0.2) is 18.9 Å². The second-order valence-electron chi connectivity index (χ2n) is 6.43. The lowest BCUT2D eigenvalue weighted by Crippen LogP contribution is -2.30. The van der Waals surface area contributed by atoms with Crippen LogP contribution in [0.4, 0.5) is 5.69 Å². The summed E-state index contributed by atoms with van der Waals surface area (Å²) in [6.07, 6.45) is 3.24. The summed E-state index contributed by atoms with van der Waals surface area (Å²) in [7, 11) is 1.65. The highest BCUT2D eigenvalue weighted by molar-refractivity contribution is 6.22. The summed E-state index contributed by atoms with van der Waals surface area (Å²) in [5.74, 6) is 0.0610. The lowest BCUT2D eigenvalue weighted by molar-refractivity contribution is -0.122. The van der Waals surface area contributed by atoms with Crippen LogP contribution in [0.2, 0.25) is 0 Å². The third-order valence-corrected chi connectivity index (χ3v) is 5.09. The molecule has 0 radical (unpaired) electrons. The van der Waals surface area contributed by atoms with Gasteiger partial charge in [-0.3, -0.25) is 14.5 Å². The maximum Gasteiger partial charge on any atom is 0.238 e. The first-order valence-electron chi connectivity index (χ1n) is 8.46. The number of ether oxygens (including phenoxy) is 1. The minimum absolute atomic E-state index is 0.0865. The summed E-state index contributed by atoms with van der Waals surface area (Å²) in [5, 5.41) is 0. The van der Waals surface area contributed by atoms with Crippen molar-refractivity contribution in [2.45, 2.75) is 12.8 Å². The van der Waals surface area contributed by atoms with Crippen molar-refractivity contribution in [3.63, 3.8) is 0 Å². The van der Waals surface area contributed by atoms with E-state index in [9.17, 15) is 9.59 Å². The molecule has 0 spiro atoms. The first kappa shape index (κ1) is 15.6. The second kappa shape index (κ2) is 6.20. The van der Waals surface area contributed by atoms with Crippen LogP contribution < -0.4 is 9.64 Å². The Kier molecular flexibility index (Phi) is 3.88. The van der Waals surface area contributed by atoms with E-state index in [-0.39, 0.29) is 23.7 Å². The molecule has 4 heteroatoms. The van der Waals surface area contributed by atoms with Gasteiger partial charge in [0.05, 0.1) is 24.6 Å². The standard InChI is InChI=1S/C21H19NO3/c1-25-19-10-6-5-9-16(19)14-11-12-17-18(13-14)21(24)22(20(17)23)15-7-3-2-4-8-15/h2-11,17-18H,12-13H2,1H3/t17-,18+/m0/s1. The van der Waals surface area contributed by atoms with Gasteiger partial charge in [-0.25, -0.2) is 0 Å². The number of para-hydroxylation sites is 2. The van der Waals surface area contributed by atoms with E-state index in [2.05, 4.69) is 6.08 Å². The number of hydrogen-bond acceptors (Lipinski definition) is 3. The van der Waals surface area contributed by atoms with E-state index >= 15 is 0 Å². The summed E-state index contributed by atoms with van der Waals surface area (Å²) < 4.78 is 5.45. The zero-order valence-corrected chi connectivity index (χ0v) is 14.0. The maximum atomic E-state index is 12.9. The molecule has 4 rings (SSSR count). The van der Waals surface area contributed by atoms with Gasteiger partial charge in [-0.15, -0.1) is 0 Å². The van der Waals surface area contributed by atoms with Crippen molar-refractivity contribution in [2.75, 3.05) is 12.0 Å². The number of benzene rings is 2. The van der Waals surface area contributed by atoms with E-state index in [0.29, 0.717) is 18.5 Å². The number of fused-ring (bicyclic) bond motifs is 1. The Morgan fingerprint density at radius 3 is 2.36 bits per heavy atom. The van der Waals surface area contributed by atoms with Gasteiger partial charge in [0.15, 0.2) is 0 Å². The van der Waals surface area contributed by atoms with Gasteiger partial charge in [0.1, 0.15) is 5.75 Å². The highest BCUT2D eigenvalue weighted by atomic mass is 16.5. The van der Waals surface area contributed by atoms with Crippen molar-refractivity contribution >= 4 is 23.1 Å². The average Bonchev–Trinajstić information content (AvgIpc) is 2.92. The summed E-state index contributed by atoms with van der Waals surface area (Å²) in [5.41, 5.74) is 2.74. The van der Waals surface area contributed by atoms with Crippen LogP contribution in [0, 0.1) is 11.8 Å². The van der Waals surface area contributed by atoms with Crippen LogP contribution in [-0.2, 0) is 9.59 Å². The fourth-order valence-electron chi connectivity index (χ4n) is 3.83. The van der Waals surface area contributed by atoms with E-state index in [1.54, 1.807) is 7.11 Å². The van der Waals surface area contributed by atoms with Crippen molar-refractivity contribution in [1.82, 2.24) is 0 Å². The largest absolute Gasteiger partial charge is 0.496 e. The van der Waals surface area contributed by atoms with E-state index in [1.165, 1.54) is 4.90 Å². The summed E-state index contributed by atoms with van der Waals surface area (Å²) in [6, 6.07) is 17.0. The van der Waals surface area contributed by atoms with Gasteiger partial charge in [-0.2, -0.15) is 0 Å². The average molecular weight is 333 g/mol. The Bertz CT molecular complexity index is 856. The monoisotopic (exact) mass is 333 g/mol. The van der Waals surface area contributed by atoms with Crippen LogP contribution in [0.5, 0.6) is 5.75 Å². The van der Waals surface area contributed by atoms with Crippen LogP contribution in [0.15, 0.2) is 60.7 Å². The lowest BCUT2D eigenvalue weighted by Gasteiger charge is -2.22. The van der Waals surface area contributed by atoms with E-state index in [0.717, 1.165) is 16.9 Å². The molecule has 2 amide bonds. The number of carbonyl (C=O) groups is 2. The Labute approximate surface area is 146 Å². The van der Waals surface area contributed by atoms with Crippen LogP contribution in [0.3, 0.4) is 0 Å². The maximum absolute atomic E-state index is 12.9. The summed E-state index contributed by atoms with van der Waals surface area (Å²) in [6.45, 7) is 0. The molecule has 1 fully saturated rings. The molecule has 0 saturated carbocycles. The molecule has 1 aliphatic carbocycles. The Hall–Kier alpha value is -2.88. The van der Waals surface area contributed by atoms with Gasteiger partial charge >= 0.3 is 0 Å². The lowest BCUT2D eigenvalue weighted by atomic mass is 9.79. The van der Waals surface area contributed by atoms with Crippen molar-refractivity contribution in [1.29, 1.82) is 0 Å². The van der Waals surface area contributed by atoms with E-state index < -0.39 is 0 Å². The molecular weight excluding hydrogens is 314 g/mol. The first-order chi connectivity index (χ1) is 12.2. The number of allylic oxidation sites excluding steroid dienone is 2. The zero-order valence-electron chi connectivity index (χ0n) is 14.0. The smallest absolute Gasteiger partial charge is 0.238 e. The van der Waals surface area contributed by atoms with Gasteiger partial charge < -0.3 is 4.74 Å². The van der Waals surface area contributed by atoms with E-state index in [1.807, 2.05) is 54.6 Å². The quantitative estimate of drug-likeness (QED) is 0.805. The second-order valence-corrected chi connectivity index (χ2v) is 6.43. The number of nitrogens with zero attached hydrogens (tertiary/aromatic N) is 1. The van der Waals surface area contributed by atoms with Gasteiger partial charge in [0.25, 0.3) is 0 Å². The fraction of sp³-hybridized carbons (Fsp3) is 0.238. The molecule has 0 bridgehead atoms. The molecule has 2 aliphatic rings. The van der Waals surface area contributed by atoms with Gasteiger partial charge in [-0.05, 0) is 36.6 Å². The van der Waals surface area contributed by atoms with Crippen LogP contribution >= 0.6 is 0 Å². The number of rotatable bonds is 3. The van der Waals surface area contributed by atoms with Gasteiger partial charge in [0, 0.05) is 5.56 Å². The Balaban J connectivity index is 1.65. The molecule has 0 aromatic heterocycles. The SMILES string of the molecule is COc1ccccc1C1=CC[C@@H]2C(=O)N(c3ccccc3)C(=O)[C@@H]2C1. The number of anilines is 1. The molecule has 126 valence electrons. The molecule has 0 unspecified atom stereocenters. The van der Waals surface area contributed by atoms with Crippen LogP contribution in [0.1, 0.15) is 18.4 Å². The number of methoxy groups -OCH3 is 1. The third-order valence-electron chi connectivity index (χ3n) is 5.09. The fourth-order valence-corrected chi connectivity index (χ4v) is 3.83. The van der Waals surface area contributed by atoms with Crippen molar-refractivity contribution in [2.24, 2.45) is 11.8 Å². The number of amides is 2. The summed E-state index contributed by atoms with van der Waals surface area (Å²) in [4.78, 5) is 27.1. The van der Waals surface area contributed by atoms with Crippen molar-refractivity contribution in [3.8, 4) is 5.75 Å². The topological polar surface area (TPSA) is 46.6 Å². The highest BCUT2D eigenvalue weighted by Gasteiger charge is 2.49. The molecule has 1 aliphatic heterocycles. The normalized spacial score (nSPS) is 22.6. The Morgan fingerprint density at radius 1 is 0.920 bits per heavy atom.